The molecule has 21 heavy (non-hydrogen) atoms. The first-order chi connectivity index (χ1) is 10.1. The van der Waals surface area contributed by atoms with Crippen molar-refractivity contribution in [3.05, 3.63) is 23.8 Å². The Morgan fingerprint density at radius 1 is 1.29 bits per heavy atom. The van der Waals surface area contributed by atoms with E-state index in [1.54, 1.807) is 24.1 Å². The predicted molar refractivity (Wildman–Crippen MR) is 82.4 cm³/mol. The average molecular weight is 292 g/mol. The first kappa shape index (κ1) is 15.8. The molecule has 1 aliphatic heterocycles. The van der Waals surface area contributed by atoms with Gasteiger partial charge in [-0.15, -0.1) is 0 Å². The molecule has 1 N–H and O–H groups in total. The van der Waals surface area contributed by atoms with Crippen LogP contribution in [0.5, 0.6) is 11.5 Å². The summed E-state index contributed by atoms with van der Waals surface area (Å²) in [6.07, 6.45) is 2.14. The van der Waals surface area contributed by atoms with Gasteiger partial charge in [-0.2, -0.15) is 0 Å². The van der Waals surface area contributed by atoms with E-state index >= 15 is 0 Å². The molecule has 0 aliphatic carbocycles. The molecule has 4 heteroatoms. The van der Waals surface area contributed by atoms with Gasteiger partial charge in [0.15, 0.2) is 17.8 Å². The normalized spacial score (nSPS) is 25.4. The molecule has 1 fully saturated rings. The molecule has 0 radical (unpaired) electrons. The highest BCUT2D eigenvalue weighted by atomic mass is 16.5. The Hall–Kier alpha value is -1.55. The zero-order chi connectivity index (χ0) is 15.2. The van der Waals surface area contributed by atoms with E-state index in [0.717, 1.165) is 24.7 Å². The maximum Gasteiger partial charge on any atom is 0.171 e. The number of para-hydroxylation sites is 1. The summed E-state index contributed by atoms with van der Waals surface area (Å²) in [5.74, 6) is 2.74. The summed E-state index contributed by atoms with van der Waals surface area (Å²) in [6, 6.07) is 5.37. The number of carbonyl (C=O) groups is 1. The number of hydrogen-bond donors (Lipinski definition) is 1. The molecule has 0 saturated carbocycles. The fourth-order valence-electron chi connectivity index (χ4n) is 3.36. The molecule has 1 saturated heterocycles. The van der Waals surface area contributed by atoms with Crippen LogP contribution in [0, 0.1) is 11.8 Å². The lowest BCUT2D eigenvalue weighted by Crippen LogP contribution is -3.14. The summed E-state index contributed by atoms with van der Waals surface area (Å²) in [5, 5.41) is 0. The van der Waals surface area contributed by atoms with Crippen LogP contribution in [0.15, 0.2) is 18.2 Å². The Kier molecular flexibility index (Phi) is 5.62. The lowest BCUT2D eigenvalue weighted by atomic mass is 9.92. The third kappa shape index (κ3) is 4.21. The number of ether oxygens (including phenoxy) is 2. The number of rotatable bonds is 6. The van der Waals surface area contributed by atoms with Crippen molar-refractivity contribution in [2.45, 2.75) is 20.3 Å². The average Bonchev–Trinajstić information content (AvgIpc) is 2.46. The number of likely N-dealkylation sites (tertiary alicyclic amines) is 1. The van der Waals surface area contributed by atoms with E-state index in [9.17, 15) is 4.79 Å². The second kappa shape index (κ2) is 7.46. The molecule has 1 aromatic carbocycles. The monoisotopic (exact) mass is 292 g/mol. The number of hydrogen-bond acceptors (Lipinski definition) is 3. The zero-order valence-corrected chi connectivity index (χ0v) is 13.2. The molecule has 1 heterocycles. The quantitative estimate of drug-likeness (QED) is 0.807. The van der Waals surface area contributed by atoms with Crippen LogP contribution in [0.25, 0.3) is 0 Å². The van der Waals surface area contributed by atoms with Crippen molar-refractivity contribution in [2.24, 2.45) is 11.8 Å². The van der Waals surface area contributed by atoms with Crippen molar-refractivity contribution in [1.29, 1.82) is 0 Å². The van der Waals surface area contributed by atoms with Crippen LogP contribution >= 0.6 is 0 Å². The topological polar surface area (TPSA) is 40.0 Å². The van der Waals surface area contributed by atoms with E-state index in [0.29, 0.717) is 23.7 Å². The number of methoxy groups -OCH3 is 1. The van der Waals surface area contributed by atoms with Gasteiger partial charge < -0.3 is 14.4 Å². The number of aldehydes is 1. The SMILES string of the molecule is COc1cccc(C=O)c1OCC[NH+]1C[C@@H](C)C[C@H](C)C1. The summed E-state index contributed by atoms with van der Waals surface area (Å²) in [5.41, 5.74) is 0.546. The van der Waals surface area contributed by atoms with Crippen molar-refractivity contribution in [3.63, 3.8) is 0 Å². The second-order valence-electron chi connectivity index (χ2n) is 6.20. The van der Waals surface area contributed by atoms with Crippen LogP contribution in [0.2, 0.25) is 0 Å². The van der Waals surface area contributed by atoms with E-state index in [-0.39, 0.29) is 0 Å². The summed E-state index contributed by atoms with van der Waals surface area (Å²) in [7, 11) is 1.59. The molecule has 0 amide bonds. The molecule has 2 rings (SSSR count). The first-order valence-electron chi connectivity index (χ1n) is 7.72. The van der Waals surface area contributed by atoms with Gasteiger partial charge in [0.25, 0.3) is 0 Å². The Labute approximate surface area is 127 Å². The van der Waals surface area contributed by atoms with Crippen LogP contribution in [0.3, 0.4) is 0 Å². The summed E-state index contributed by atoms with van der Waals surface area (Å²) in [4.78, 5) is 12.7. The second-order valence-corrected chi connectivity index (χ2v) is 6.20. The van der Waals surface area contributed by atoms with E-state index < -0.39 is 0 Å². The molecular weight excluding hydrogens is 266 g/mol. The van der Waals surface area contributed by atoms with Gasteiger partial charge in [0, 0.05) is 11.8 Å². The maximum atomic E-state index is 11.1. The van der Waals surface area contributed by atoms with Crippen molar-refractivity contribution >= 4 is 6.29 Å². The van der Waals surface area contributed by atoms with Crippen LogP contribution in [0.4, 0.5) is 0 Å². The minimum Gasteiger partial charge on any atom is -0.493 e. The Morgan fingerprint density at radius 2 is 2.00 bits per heavy atom. The molecule has 1 aromatic rings. The Balaban J connectivity index is 1.92. The van der Waals surface area contributed by atoms with Gasteiger partial charge in [-0.3, -0.25) is 4.79 Å². The molecule has 2 atom stereocenters. The van der Waals surface area contributed by atoms with Crippen LogP contribution in [-0.4, -0.2) is 39.6 Å². The van der Waals surface area contributed by atoms with Crippen molar-refractivity contribution in [3.8, 4) is 11.5 Å². The van der Waals surface area contributed by atoms with Crippen molar-refractivity contribution in [2.75, 3.05) is 33.4 Å². The van der Waals surface area contributed by atoms with Gasteiger partial charge in [0.1, 0.15) is 13.2 Å². The molecule has 0 spiro atoms. The Morgan fingerprint density at radius 3 is 2.62 bits per heavy atom. The van der Waals surface area contributed by atoms with E-state index in [1.165, 1.54) is 19.5 Å². The number of quaternary nitrogens is 1. The molecule has 0 aromatic heterocycles. The summed E-state index contributed by atoms with van der Waals surface area (Å²) in [6.45, 7) is 8.63. The molecule has 1 aliphatic rings. The van der Waals surface area contributed by atoms with Gasteiger partial charge in [0.2, 0.25) is 0 Å². The van der Waals surface area contributed by atoms with Crippen LogP contribution < -0.4 is 14.4 Å². The highest BCUT2D eigenvalue weighted by Gasteiger charge is 2.24. The smallest absolute Gasteiger partial charge is 0.171 e. The van der Waals surface area contributed by atoms with Gasteiger partial charge in [0.05, 0.1) is 25.8 Å². The molecule has 0 unspecified atom stereocenters. The lowest BCUT2D eigenvalue weighted by Gasteiger charge is -2.31. The summed E-state index contributed by atoms with van der Waals surface area (Å²) < 4.78 is 11.1. The highest BCUT2D eigenvalue weighted by molar-refractivity contribution is 5.81. The van der Waals surface area contributed by atoms with E-state index in [1.807, 2.05) is 6.07 Å². The van der Waals surface area contributed by atoms with Gasteiger partial charge >= 0.3 is 0 Å². The minimum atomic E-state index is 0.546. The van der Waals surface area contributed by atoms with Gasteiger partial charge in [-0.25, -0.2) is 0 Å². The summed E-state index contributed by atoms with van der Waals surface area (Å²) >= 11 is 0. The molecular formula is C17H26NO3+. The Bertz CT molecular complexity index is 465. The number of piperidine rings is 1. The number of nitrogens with one attached hydrogen (secondary N) is 1. The largest absolute Gasteiger partial charge is 0.493 e. The van der Waals surface area contributed by atoms with E-state index in [4.69, 9.17) is 9.47 Å². The first-order valence-corrected chi connectivity index (χ1v) is 7.72. The molecule has 0 bridgehead atoms. The molecule has 116 valence electrons. The van der Waals surface area contributed by atoms with Crippen molar-refractivity contribution < 1.29 is 19.2 Å². The fourth-order valence-corrected chi connectivity index (χ4v) is 3.36. The number of benzene rings is 1. The number of carbonyl (C=O) groups excluding carboxylic acids is 1. The van der Waals surface area contributed by atoms with Gasteiger partial charge in [-0.05, 0) is 18.6 Å². The predicted octanol–water partition coefficient (Wildman–Crippen LogP) is 1.45. The maximum absolute atomic E-state index is 11.1. The fraction of sp³-hybridized carbons (Fsp3) is 0.588. The molecule has 4 nitrogen and oxygen atoms in total. The van der Waals surface area contributed by atoms with Crippen LogP contribution in [-0.2, 0) is 0 Å². The highest BCUT2D eigenvalue weighted by Crippen LogP contribution is 2.29. The minimum absolute atomic E-state index is 0.546. The van der Waals surface area contributed by atoms with E-state index in [2.05, 4.69) is 13.8 Å². The van der Waals surface area contributed by atoms with Crippen LogP contribution in [0.1, 0.15) is 30.6 Å². The lowest BCUT2D eigenvalue weighted by molar-refractivity contribution is -0.912. The standard InChI is InChI=1S/C17H25NO3/c1-13-9-14(2)11-18(10-13)7-8-21-17-15(12-19)5-4-6-16(17)20-3/h4-6,12-14H,7-11H2,1-3H3/p+1/t13-,14-/m0/s1. The zero-order valence-electron chi connectivity index (χ0n) is 13.2. The van der Waals surface area contributed by atoms with Crippen molar-refractivity contribution in [1.82, 2.24) is 0 Å². The third-order valence-electron chi connectivity index (χ3n) is 4.14. The van der Waals surface area contributed by atoms with Gasteiger partial charge in [-0.1, -0.05) is 19.9 Å². The third-order valence-corrected chi connectivity index (χ3v) is 4.14.